The van der Waals surface area contributed by atoms with Gasteiger partial charge in [-0.3, -0.25) is 10.1 Å². The Kier molecular flexibility index (Phi) is 5.73. The molecule has 4 aromatic rings. The van der Waals surface area contributed by atoms with E-state index in [4.69, 9.17) is 9.47 Å². The Balaban J connectivity index is 1.51. The van der Waals surface area contributed by atoms with Gasteiger partial charge in [0.05, 0.1) is 31.3 Å². The highest BCUT2D eigenvalue weighted by atomic mass is 32.1. The lowest BCUT2D eigenvalue weighted by atomic mass is 10.1. The first kappa shape index (κ1) is 20.6. The fraction of sp³-hybridized carbons (Fsp3) is 0.174. The number of benzene rings is 2. The van der Waals surface area contributed by atoms with Crippen LogP contribution in [0.2, 0.25) is 0 Å². The van der Waals surface area contributed by atoms with Crippen LogP contribution in [0.5, 0.6) is 11.5 Å². The van der Waals surface area contributed by atoms with Crippen LogP contribution in [0, 0.1) is 13.8 Å². The molecule has 158 valence electrons. The van der Waals surface area contributed by atoms with Gasteiger partial charge in [0.15, 0.2) is 5.13 Å². The van der Waals surface area contributed by atoms with Crippen molar-refractivity contribution in [3.63, 3.8) is 0 Å². The summed E-state index contributed by atoms with van der Waals surface area (Å²) in [7, 11) is 3.22. The van der Waals surface area contributed by atoms with E-state index in [1.807, 2.05) is 60.3 Å². The number of thiazole rings is 1. The largest absolute Gasteiger partial charge is 0.497 e. The van der Waals surface area contributed by atoms with Gasteiger partial charge in [-0.15, -0.1) is 11.3 Å². The predicted molar refractivity (Wildman–Crippen MR) is 122 cm³/mol. The number of anilines is 1. The van der Waals surface area contributed by atoms with Crippen LogP contribution >= 0.6 is 11.3 Å². The molecule has 0 aliphatic rings. The van der Waals surface area contributed by atoms with Crippen LogP contribution in [0.3, 0.4) is 0 Å². The minimum atomic E-state index is -0.224. The Morgan fingerprint density at radius 1 is 1.03 bits per heavy atom. The van der Waals surface area contributed by atoms with Crippen LogP contribution in [0.25, 0.3) is 16.9 Å². The second-order valence-corrected chi connectivity index (χ2v) is 7.80. The zero-order chi connectivity index (χ0) is 22.0. The highest BCUT2D eigenvalue weighted by Crippen LogP contribution is 2.35. The van der Waals surface area contributed by atoms with Gasteiger partial charge in [-0.2, -0.15) is 5.10 Å². The smallest absolute Gasteiger partial charge is 0.257 e. The molecule has 0 aliphatic carbocycles. The van der Waals surface area contributed by atoms with Crippen molar-refractivity contribution in [2.45, 2.75) is 13.8 Å². The molecular formula is C23H22N4O3S. The molecule has 2 aromatic heterocycles. The quantitative estimate of drug-likeness (QED) is 0.468. The van der Waals surface area contributed by atoms with Crippen LogP contribution in [0.4, 0.5) is 5.13 Å². The Morgan fingerprint density at radius 3 is 2.45 bits per heavy atom. The van der Waals surface area contributed by atoms with Crippen LogP contribution in [-0.2, 0) is 0 Å². The number of ether oxygens (including phenoxy) is 2. The third-order valence-electron chi connectivity index (χ3n) is 4.79. The van der Waals surface area contributed by atoms with E-state index in [-0.39, 0.29) is 5.91 Å². The van der Waals surface area contributed by atoms with Gasteiger partial charge in [0.25, 0.3) is 5.91 Å². The Morgan fingerprint density at radius 2 is 1.81 bits per heavy atom. The first-order valence-corrected chi connectivity index (χ1v) is 10.5. The maximum atomic E-state index is 12.7. The molecule has 0 radical (unpaired) electrons. The topological polar surface area (TPSA) is 78.3 Å². The summed E-state index contributed by atoms with van der Waals surface area (Å²) in [5, 5.41) is 9.71. The van der Waals surface area contributed by atoms with Crippen molar-refractivity contribution in [3.05, 3.63) is 70.9 Å². The number of aryl methyl sites for hydroxylation is 2. The predicted octanol–water partition coefficient (Wildman–Crippen LogP) is 4.88. The Labute approximate surface area is 184 Å². The molecule has 0 unspecified atom stereocenters. The minimum absolute atomic E-state index is 0.224. The molecule has 2 heterocycles. The van der Waals surface area contributed by atoms with E-state index in [2.05, 4.69) is 15.4 Å². The molecule has 0 saturated carbocycles. The number of rotatable bonds is 6. The highest BCUT2D eigenvalue weighted by Gasteiger charge is 2.14. The summed E-state index contributed by atoms with van der Waals surface area (Å²) in [6, 6.07) is 14.8. The van der Waals surface area contributed by atoms with Crippen molar-refractivity contribution in [3.8, 4) is 28.4 Å². The van der Waals surface area contributed by atoms with Crippen molar-refractivity contribution < 1.29 is 14.3 Å². The summed E-state index contributed by atoms with van der Waals surface area (Å²) in [4.78, 5) is 17.2. The first-order valence-electron chi connectivity index (χ1n) is 9.61. The van der Waals surface area contributed by atoms with E-state index in [0.29, 0.717) is 27.9 Å². The van der Waals surface area contributed by atoms with Gasteiger partial charge in [-0.25, -0.2) is 9.67 Å². The molecule has 4 rings (SSSR count). The van der Waals surface area contributed by atoms with Crippen molar-refractivity contribution in [1.29, 1.82) is 0 Å². The normalized spacial score (nSPS) is 10.7. The molecule has 7 nitrogen and oxygen atoms in total. The Bertz CT molecular complexity index is 1230. The van der Waals surface area contributed by atoms with E-state index in [1.54, 1.807) is 26.4 Å². The fourth-order valence-electron chi connectivity index (χ4n) is 3.28. The van der Waals surface area contributed by atoms with Crippen LogP contribution in [0.1, 0.15) is 21.7 Å². The molecule has 0 saturated heterocycles. The standard InChI is InChI=1S/C23H22N4O3S/c1-14-11-15(2)27(26-14)17-7-5-16(6-8-17)22(28)25-23-24-20(13-31-23)19-12-18(29-3)9-10-21(19)30-4/h5-13H,1-4H3,(H,24,25,28). The van der Waals surface area contributed by atoms with Gasteiger partial charge in [0.2, 0.25) is 0 Å². The third-order valence-corrected chi connectivity index (χ3v) is 5.55. The van der Waals surface area contributed by atoms with Gasteiger partial charge in [-0.1, -0.05) is 0 Å². The molecular weight excluding hydrogens is 412 g/mol. The van der Waals surface area contributed by atoms with E-state index < -0.39 is 0 Å². The number of nitrogens with zero attached hydrogens (tertiary/aromatic N) is 3. The van der Waals surface area contributed by atoms with E-state index in [9.17, 15) is 4.79 Å². The van der Waals surface area contributed by atoms with Gasteiger partial charge in [0.1, 0.15) is 11.5 Å². The Hall–Kier alpha value is -3.65. The molecule has 2 aromatic carbocycles. The SMILES string of the molecule is COc1ccc(OC)c(-c2csc(NC(=O)c3ccc(-n4nc(C)cc4C)cc3)n2)c1. The molecule has 0 atom stereocenters. The highest BCUT2D eigenvalue weighted by molar-refractivity contribution is 7.14. The summed E-state index contributed by atoms with van der Waals surface area (Å²) >= 11 is 1.35. The van der Waals surface area contributed by atoms with Crippen molar-refractivity contribution in [2.75, 3.05) is 19.5 Å². The van der Waals surface area contributed by atoms with Gasteiger partial charge in [-0.05, 0) is 62.4 Å². The van der Waals surface area contributed by atoms with Gasteiger partial charge < -0.3 is 9.47 Å². The van der Waals surface area contributed by atoms with Crippen LogP contribution < -0.4 is 14.8 Å². The molecule has 8 heteroatoms. The number of hydrogen-bond donors (Lipinski definition) is 1. The van der Waals surface area contributed by atoms with Crippen LogP contribution in [0.15, 0.2) is 53.9 Å². The lowest BCUT2D eigenvalue weighted by Gasteiger charge is -2.08. The monoisotopic (exact) mass is 434 g/mol. The zero-order valence-corrected chi connectivity index (χ0v) is 18.5. The zero-order valence-electron chi connectivity index (χ0n) is 17.7. The number of nitrogens with one attached hydrogen (secondary N) is 1. The lowest BCUT2D eigenvalue weighted by molar-refractivity contribution is 0.102. The van der Waals surface area contributed by atoms with E-state index in [0.717, 1.165) is 22.6 Å². The van der Waals surface area contributed by atoms with Crippen molar-refractivity contribution >= 4 is 22.4 Å². The molecule has 0 bridgehead atoms. The molecule has 0 aliphatic heterocycles. The number of carbonyl (C=O) groups is 1. The fourth-order valence-corrected chi connectivity index (χ4v) is 3.99. The van der Waals surface area contributed by atoms with Gasteiger partial charge >= 0.3 is 0 Å². The first-order chi connectivity index (χ1) is 15.0. The third kappa shape index (κ3) is 4.29. The molecule has 31 heavy (non-hydrogen) atoms. The summed E-state index contributed by atoms with van der Waals surface area (Å²) in [5.41, 5.74) is 4.94. The molecule has 0 fully saturated rings. The molecule has 1 amide bonds. The van der Waals surface area contributed by atoms with Crippen molar-refractivity contribution in [2.24, 2.45) is 0 Å². The summed E-state index contributed by atoms with van der Waals surface area (Å²) in [6.07, 6.45) is 0. The number of amides is 1. The average molecular weight is 435 g/mol. The van der Waals surface area contributed by atoms with Crippen molar-refractivity contribution in [1.82, 2.24) is 14.8 Å². The van der Waals surface area contributed by atoms with Gasteiger partial charge in [0, 0.05) is 22.2 Å². The maximum absolute atomic E-state index is 12.7. The number of methoxy groups -OCH3 is 2. The number of carbonyl (C=O) groups excluding carboxylic acids is 1. The second-order valence-electron chi connectivity index (χ2n) is 6.94. The summed E-state index contributed by atoms with van der Waals surface area (Å²) < 4.78 is 12.6. The second kappa shape index (κ2) is 8.61. The number of hydrogen-bond acceptors (Lipinski definition) is 6. The minimum Gasteiger partial charge on any atom is -0.497 e. The molecule has 1 N–H and O–H groups in total. The molecule has 0 spiro atoms. The van der Waals surface area contributed by atoms with E-state index in [1.165, 1.54) is 11.3 Å². The summed E-state index contributed by atoms with van der Waals surface area (Å²) in [6.45, 7) is 3.95. The van der Waals surface area contributed by atoms with Crippen LogP contribution in [-0.4, -0.2) is 34.9 Å². The number of aromatic nitrogens is 3. The lowest BCUT2D eigenvalue weighted by Crippen LogP contribution is -2.12. The maximum Gasteiger partial charge on any atom is 0.257 e. The summed E-state index contributed by atoms with van der Waals surface area (Å²) in [5.74, 6) is 1.17. The van der Waals surface area contributed by atoms with E-state index >= 15 is 0 Å². The average Bonchev–Trinajstić information content (AvgIpc) is 3.38.